The molecule has 1 aromatic carbocycles. The predicted molar refractivity (Wildman–Crippen MR) is 99.7 cm³/mol. The molecule has 0 aromatic heterocycles. The van der Waals surface area contributed by atoms with Crippen molar-refractivity contribution in [3.63, 3.8) is 0 Å². The van der Waals surface area contributed by atoms with Crippen LogP contribution in [0.5, 0.6) is 0 Å². The zero-order valence-corrected chi connectivity index (χ0v) is 16.3. The fraction of sp³-hybridized carbons (Fsp3) is 0.556. The average molecular weight is 409 g/mol. The third kappa shape index (κ3) is 1.99. The summed E-state index contributed by atoms with van der Waals surface area (Å²) in [5, 5.41) is 3.98. The number of fused-ring (bicyclic) bond motifs is 3. The molecule has 1 amide bonds. The topological polar surface area (TPSA) is 41.6 Å². The molecule has 1 heterocycles. The molecule has 4 nitrogen and oxygen atoms in total. The minimum absolute atomic E-state index is 0.0835. The Hall–Kier alpha value is -0.980. The van der Waals surface area contributed by atoms with E-state index in [2.05, 4.69) is 39.4 Å². The number of carbonyl (C=O) groups is 1. The van der Waals surface area contributed by atoms with Crippen molar-refractivity contribution >= 4 is 39.2 Å². The highest BCUT2D eigenvalue weighted by atomic mass is 79.9. The van der Waals surface area contributed by atoms with E-state index in [9.17, 15) is 4.79 Å². The molecule has 0 bridgehead atoms. The molecule has 3 aliphatic rings. The second-order valence-corrected chi connectivity index (χ2v) is 8.54. The highest BCUT2D eigenvalue weighted by molar-refractivity contribution is 9.10. The fourth-order valence-electron chi connectivity index (χ4n) is 4.95. The molecule has 1 saturated carbocycles. The molecule has 1 aliphatic heterocycles. The van der Waals surface area contributed by atoms with Crippen molar-refractivity contribution in [1.29, 1.82) is 0 Å². The number of halogens is 1. The highest BCUT2D eigenvalue weighted by Crippen LogP contribution is 2.60. The largest absolute Gasteiger partial charge is 0.381 e. The van der Waals surface area contributed by atoms with Gasteiger partial charge in [0.25, 0.3) is 5.91 Å². The van der Waals surface area contributed by atoms with E-state index >= 15 is 0 Å². The smallest absolute Gasteiger partial charge is 0.259 e. The minimum atomic E-state index is -0.726. The predicted octanol–water partition coefficient (Wildman–Crippen LogP) is 3.12. The summed E-state index contributed by atoms with van der Waals surface area (Å²) < 4.78 is 6.56. The van der Waals surface area contributed by atoms with Crippen molar-refractivity contribution in [3.8, 4) is 0 Å². The maximum Gasteiger partial charge on any atom is 0.259 e. The quantitative estimate of drug-likeness (QED) is 0.724. The maximum atomic E-state index is 13.4. The number of thiocarbonyl (C=S) groups is 1. The molecule has 1 aromatic rings. The maximum absolute atomic E-state index is 13.4. The van der Waals surface area contributed by atoms with Crippen LogP contribution in [0.1, 0.15) is 36.8 Å². The Labute approximate surface area is 156 Å². The summed E-state index contributed by atoms with van der Waals surface area (Å²) in [5.41, 5.74) is 1.49. The van der Waals surface area contributed by atoms with Gasteiger partial charge in [-0.1, -0.05) is 22.0 Å². The van der Waals surface area contributed by atoms with Crippen LogP contribution >= 0.6 is 28.1 Å². The molecule has 2 fully saturated rings. The van der Waals surface area contributed by atoms with Gasteiger partial charge in [-0.05, 0) is 67.6 Å². The average Bonchev–Trinajstić information content (AvgIpc) is 2.97. The molecule has 4 rings (SSSR count). The van der Waals surface area contributed by atoms with E-state index in [4.69, 9.17) is 17.0 Å². The van der Waals surface area contributed by atoms with Crippen LogP contribution in [0.15, 0.2) is 22.7 Å². The summed E-state index contributed by atoms with van der Waals surface area (Å²) in [7, 11) is 3.55. The number of rotatable bonds is 1. The van der Waals surface area contributed by atoms with E-state index in [1.165, 1.54) is 5.56 Å². The first-order valence-electron chi connectivity index (χ1n) is 8.35. The van der Waals surface area contributed by atoms with Crippen LogP contribution in [0, 0.1) is 5.41 Å². The molecule has 24 heavy (non-hydrogen) atoms. The molecule has 6 heteroatoms. The van der Waals surface area contributed by atoms with Crippen LogP contribution in [0.3, 0.4) is 0 Å². The molecule has 2 aliphatic carbocycles. The first-order valence-corrected chi connectivity index (χ1v) is 9.56. The number of hydrogen-bond donors (Lipinski definition) is 1. The van der Waals surface area contributed by atoms with Crippen molar-refractivity contribution in [1.82, 2.24) is 10.2 Å². The Morgan fingerprint density at radius 3 is 2.67 bits per heavy atom. The summed E-state index contributed by atoms with van der Waals surface area (Å²) in [6, 6.07) is 6.31. The van der Waals surface area contributed by atoms with Crippen molar-refractivity contribution in [3.05, 3.63) is 33.8 Å². The molecule has 2 spiro atoms. The molecular formula is C18H21BrN2O2S. The van der Waals surface area contributed by atoms with Crippen LogP contribution in [-0.4, -0.2) is 36.2 Å². The standard InChI is InChI=1S/C18H21BrN2O2S/c1-21-15(22)18(20-16(21)24)14-9-12(19)4-3-11(14)10-17(18)7-5-13(23-2)6-8-17/h3-4,9,13H,5-8,10H2,1-2H3,(H,20,24). The molecule has 0 radical (unpaired) electrons. The third-order valence-electron chi connectivity index (χ3n) is 6.25. The molecule has 1 atom stereocenters. The van der Waals surface area contributed by atoms with E-state index in [1.807, 2.05) is 0 Å². The zero-order valence-electron chi connectivity index (χ0n) is 13.9. The lowest BCUT2D eigenvalue weighted by molar-refractivity contribution is -0.137. The number of nitrogens with zero attached hydrogens (tertiary/aromatic N) is 1. The fourth-order valence-corrected chi connectivity index (χ4v) is 5.55. The van der Waals surface area contributed by atoms with Gasteiger partial charge in [-0.15, -0.1) is 0 Å². The van der Waals surface area contributed by atoms with Crippen LogP contribution in [0.2, 0.25) is 0 Å². The van der Waals surface area contributed by atoms with Gasteiger partial charge in [0.2, 0.25) is 0 Å². The summed E-state index contributed by atoms with van der Waals surface area (Å²) in [6.07, 6.45) is 5.11. The van der Waals surface area contributed by atoms with E-state index in [1.54, 1.807) is 19.1 Å². The van der Waals surface area contributed by atoms with Crippen LogP contribution in [0.25, 0.3) is 0 Å². The SMILES string of the molecule is COC1CCC2(CC1)Cc1ccc(Br)cc1C21NC(=S)N(C)C1=O. The second-order valence-electron chi connectivity index (χ2n) is 7.24. The van der Waals surface area contributed by atoms with E-state index in [0.29, 0.717) is 11.2 Å². The summed E-state index contributed by atoms with van der Waals surface area (Å²) in [4.78, 5) is 15.0. The van der Waals surface area contributed by atoms with Gasteiger partial charge in [0, 0.05) is 24.0 Å². The molecule has 1 N–H and O–H groups in total. The minimum Gasteiger partial charge on any atom is -0.381 e. The number of likely N-dealkylation sites (N-methyl/N-ethyl adjacent to an activating group) is 1. The van der Waals surface area contributed by atoms with Crippen LogP contribution in [0.4, 0.5) is 0 Å². The van der Waals surface area contributed by atoms with Crippen molar-refractivity contribution in [2.45, 2.75) is 43.7 Å². The number of amides is 1. The third-order valence-corrected chi connectivity index (χ3v) is 7.12. The molecule has 1 saturated heterocycles. The Kier molecular flexibility index (Phi) is 3.79. The molecule has 1 unspecified atom stereocenters. The lowest BCUT2D eigenvalue weighted by atomic mass is 9.61. The Morgan fingerprint density at radius 1 is 1.38 bits per heavy atom. The summed E-state index contributed by atoms with van der Waals surface area (Å²) >= 11 is 9.02. The Bertz CT molecular complexity index is 730. The van der Waals surface area contributed by atoms with Gasteiger partial charge in [0.15, 0.2) is 10.7 Å². The van der Waals surface area contributed by atoms with Gasteiger partial charge < -0.3 is 10.1 Å². The number of nitrogens with one attached hydrogen (secondary N) is 1. The van der Waals surface area contributed by atoms with Gasteiger partial charge >= 0.3 is 0 Å². The van der Waals surface area contributed by atoms with Gasteiger partial charge in [0.1, 0.15) is 0 Å². The van der Waals surface area contributed by atoms with Crippen molar-refractivity contribution in [2.24, 2.45) is 5.41 Å². The van der Waals surface area contributed by atoms with Crippen LogP contribution in [-0.2, 0) is 21.5 Å². The van der Waals surface area contributed by atoms with E-state index in [0.717, 1.165) is 42.1 Å². The van der Waals surface area contributed by atoms with Gasteiger partial charge in [-0.2, -0.15) is 0 Å². The lowest BCUT2D eigenvalue weighted by Gasteiger charge is -2.46. The number of ether oxygens (including phenoxy) is 1. The lowest BCUT2D eigenvalue weighted by Crippen LogP contribution is -2.56. The van der Waals surface area contributed by atoms with Gasteiger partial charge in [-0.3, -0.25) is 9.69 Å². The number of hydrogen-bond acceptors (Lipinski definition) is 3. The second kappa shape index (κ2) is 5.51. The van der Waals surface area contributed by atoms with E-state index in [-0.39, 0.29) is 11.3 Å². The van der Waals surface area contributed by atoms with Gasteiger partial charge in [-0.25, -0.2) is 0 Å². The first kappa shape index (κ1) is 16.5. The van der Waals surface area contributed by atoms with Crippen LogP contribution < -0.4 is 5.32 Å². The monoisotopic (exact) mass is 408 g/mol. The summed E-state index contributed by atoms with van der Waals surface area (Å²) in [6.45, 7) is 0. The van der Waals surface area contributed by atoms with Gasteiger partial charge in [0.05, 0.1) is 6.10 Å². The molecular weight excluding hydrogens is 388 g/mol. The van der Waals surface area contributed by atoms with Crippen molar-refractivity contribution < 1.29 is 9.53 Å². The zero-order chi connectivity index (χ0) is 17.1. The molecule has 128 valence electrons. The van der Waals surface area contributed by atoms with E-state index < -0.39 is 5.54 Å². The number of carbonyl (C=O) groups excluding carboxylic acids is 1. The number of benzene rings is 1. The Balaban J connectivity index is 1.87. The number of methoxy groups -OCH3 is 1. The Morgan fingerprint density at radius 2 is 2.08 bits per heavy atom. The normalized spacial score (nSPS) is 35.0. The highest BCUT2D eigenvalue weighted by Gasteiger charge is 2.66. The summed E-state index contributed by atoms with van der Waals surface area (Å²) in [5.74, 6) is 0.0835. The first-order chi connectivity index (χ1) is 11.4. The van der Waals surface area contributed by atoms with Crippen molar-refractivity contribution in [2.75, 3.05) is 14.2 Å².